The van der Waals surface area contributed by atoms with Gasteiger partial charge >= 0.3 is 5.97 Å². The molecule has 5 rings (SSSR count). The van der Waals surface area contributed by atoms with Gasteiger partial charge in [0.05, 0.1) is 16.7 Å². The summed E-state index contributed by atoms with van der Waals surface area (Å²) < 4.78 is 27.2. The number of carbonyl (C=O) groups excluding carboxylic acids is 1. The van der Waals surface area contributed by atoms with Gasteiger partial charge in [0.1, 0.15) is 0 Å². The second-order valence-electron chi connectivity index (χ2n) is 9.16. The summed E-state index contributed by atoms with van der Waals surface area (Å²) in [5.74, 6) is -1.58. The molecule has 0 radical (unpaired) electrons. The smallest absolute Gasteiger partial charge is 0.307 e. The fraction of sp³-hybridized carbons (Fsp3) is 0.636. The van der Waals surface area contributed by atoms with Crippen LogP contribution in [0.3, 0.4) is 0 Å². The number of fused-ring (bicyclic) bond motifs is 3. The number of piperidine rings is 1. The first kappa shape index (κ1) is 21.3. The van der Waals surface area contributed by atoms with Crippen molar-refractivity contribution in [2.24, 2.45) is 29.6 Å². The highest BCUT2D eigenvalue weighted by Gasteiger charge is 2.50. The van der Waals surface area contributed by atoms with Crippen molar-refractivity contribution < 1.29 is 23.1 Å². The van der Waals surface area contributed by atoms with Crippen LogP contribution in [0.15, 0.2) is 29.2 Å². The lowest BCUT2D eigenvalue weighted by molar-refractivity contribution is -0.156. The van der Waals surface area contributed by atoms with E-state index in [1.807, 2.05) is 0 Å². The fourth-order valence-electron chi connectivity index (χ4n) is 5.49. The lowest BCUT2D eigenvalue weighted by Gasteiger charge is -2.45. The Morgan fingerprint density at radius 2 is 1.47 bits per heavy atom. The SMILES string of the molecule is CC1CCN(S(=O)(=O)c2ccc(NC(=O)C3C4CCC(CC4)C3C(=O)O)cc2)CC1. The third-order valence-electron chi connectivity index (χ3n) is 7.31. The van der Waals surface area contributed by atoms with E-state index in [0.717, 1.165) is 38.5 Å². The molecule has 1 aliphatic heterocycles. The van der Waals surface area contributed by atoms with Crippen molar-refractivity contribution >= 4 is 27.6 Å². The Morgan fingerprint density at radius 3 is 2.00 bits per heavy atom. The summed E-state index contributed by atoms with van der Waals surface area (Å²) in [4.78, 5) is 24.9. The molecule has 2 bridgehead atoms. The number of benzene rings is 1. The van der Waals surface area contributed by atoms with Gasteiger partial charge in [-0.2, -0.15) is 4.31 Å². The topological polar surface area (TPSA) is 104 Å². The van der Waals surface area contributed by atoms with Crippen molar-refractivity contribution in [1.29, 1.82) is 0 Å². The average Bonchev–Trinajstić information content (AvgIpc) is 2.74. The summed E-state index contributed by atoms with van der Waals surface area (Å²) in [6.07, 6.45) is 5.29. The van der Waals surface area contributed by atoms with E-state index in [4.69, 9.17) is 0 Å². The Balaban J connectivity index is 1.46. The summed E-state index contributed by atoms with van der Waals surface area (Å²) in [6, 6.07) is 6.22. The number of hydrogen-bond donors (Lipinski definition) is 2. The number of carboxylic acid groups (broad SMARTS) is 1. The predicted octanol–water partition coefficient (Wildman–Crippen LogP) is 3.18. The van der Waals surface area contributed by atoms with Crippen LogP contribution in [0, 0.1) is 29.6 Å². The highest BCUT2D eigenvalue weighted by Crippen LogP contribution is 2.49. The van der Waals surface area contributed by atoms with Gasteiger partial charge in [-0.1, -0.05) is 6.92 Å². The molecule has 30 heavy (non-hydrogen) atoms. The highest BCUT2D eigenvalue weighted by atomic mass is 32.2. The molecule has 2 atom stereocenters. The van der Waals surface area contributed by atoms with Gasteiger partial charge in [0.15, 0.2) is 0 Å². The lowest BCUT2D eigenvalue weighted by Crippen LogP contribution is -2.49. The molecule has 3 aliphatic carbocycles. The van der Waals surface area contributed by atoms with E-state index in [1.165, 1.54) is 16.4 Å². The maximum absolute atomic E-state index is 12.9. The van der Waals surface area contributed by atoms with Gasteiger partial charge in [-0.3, -0.25) is 9.59 Å². The van der Waals surface area contributed by atoms with Gasteiger partial charge in [-0.05, 0) is 80.5 Å². The summed E-state index contributed by atoms with van der Waals surface area (Å²) >= 11 is 0. The molecule has 3 saturated carbocycles. The van der Waals surface area contributed by atoms with E-state index in [0.29, 0.717) is 24.7 Å². The van der Waals surface area contributed by atoms with Gasteiger partial charge < -0.3 is 10.4 Å². The Labute approximate surface area is 177 Å². The van der Waals surface area contributed by atoms with E-state index in [9.17, 15) is 23.1 Å². The van der Waals surface area contributed by atoms with E-state index < -0.39 is 27.8 Å². The van der Waals surface area contributed by atoms with Gasteiger partial charge in [0.25, 0.3) is 0 Å². The van der Waals surface area contributed by atoms with Crippen LogP contribution in [0.2, 0.25) is 0 Å². The van der Waals surface area contributed by atoms with Crippen LogP contribution in [0.1, 0.15) is 45.4 Å². The number of amides is 1. The molecular formula is C22H30N2O5S. The quantitative estimate of drug-likeness (QED) is 0.741. The molecule has 1 saturated heterocycles. The number of rotatable bonds is 5. The second kappa shape index (κ2) is 8.30. The van der Waals surface area contributed by atoms with Crippen LogP contribution < -0.4 is 5.32 Å². The summed E-state index contributed by atoms with van der Waals surface area (Å²) in [5.41, 5.74) is 0.497. The molecule has 4 aliphatic rings. The van der Waals surface area contributed by atoms with Crippen molar-refractivity contribution in [3.63, 3.8) is 0 Å². The van der Waals surface area contributed by atoms with E-state index in [-0.39, 0.29) is 22.6 Å². The van der Waals surface area contributed by atoms with Crippen molar-refractivity contribution in [2.45, 2.75) is 50.3 Å². The Morgan fingerprint density at radius 1 is 0.933 bits per heavy atom. The molecule has 8 heteroatoms. The minimum absolute atomic E-state index is 0.0723. The molecule has 2 N–H and O–H groups in total. The van der Waals surface area contributed by atoms with Crippen molar-refractivity contribution in [3.8, 4) is 0 Å². The number of aliphatic carboxylic acids is 1. The molecule has 164 valence electrons. The van der Waals surface area contributed by atoms with E-state index in [1.54, 1.807) is 12.1 Å². The predicted molar refractivity (Wildman–Crippen MR) is 112 cm³/mol. The highest BCUT2D eigenvalue weighted by molar-refractivity contribution is 7.89. The lowest BCUT2D eigenvalue weighted by atomic mass is 9.58. The van der Waals surface area contributed by atoms with Gasteiger partial charge in [0.2, 0.25) is 15.9 Å². The number of anilines is 1. The number of carbonyl (C=O) groups is 2. The van der Waals surface area contributed by atoms with Gasteiger partial charge in [-0.25, -0.2) is 8.42 Å². The molecule has 7 nitrogen and oxygen atoms in total. The van der Waals surface area contributed by atoms with Crippen molar-refractivity contribution in [2.75, 3.05) is 18.4 Å². The molecule has 1 amide bonds. The van der Waals surface area contributed by atoms with Crippen molar-refractivity contribution in [3.05, 3.63) is 24.3 Å². The zero-order chi connectivity index (χ0) is 21.5. The standard InChI is InChI=1S/C22H30N2O5S/c1-14-10-12-24(13-11-14)30(28,29)18-8-6-17(7-9-18)23-21(25)19-15-2-4-16(5-3-15)20(19)22(26)27/h6-9,14-16,19-20H,2-5,10-13H2,1H3,(H,23,25)(H,26,27). The van der Waals surface area contributed by atoms with Crippen molar-refractivity contribution in [1.82, 2.24) is 4.31 Å². The second-order valence-corrected chi connectivity index (χ2v) is 11.1. The monoisotopic (exact) mass is 434 g/mol. The third-order valence-corrected chi connectivity index (χ3v) is 9.22. The largest absolute Gasteiger partial charge is 0.481 e. The average molecular weight is 435 g/mol. The third kappa shape index (κ3) is 3.99. The zero-order valence-electron chi connectivity index (χ0n) is 17.3. The van der Waals surface area contributed by atoms with Crippen LogP contribution in [0.5, 0.6) is 0 Å². The van der Waals surface area contributed by atoms with Crippen LogP contribution >= 0.6 is 0 Å². The number of nitrogens with zero attached hydrogens (tertiary/aromatic N) is 1. The van der Waals surface area contributed by atoms with Crippen LogP contribution in [0.4, 0.5) is 5.69 Å². The minimum atomic E-state index is -3.54. The number of carboxylic acids is 1. The summed E-state index contributed by atoms with van der Waals surface area (Å²) in [6.45, 7) is 3.19. The first-order chi connectivity index (χ1) is 14.3. The molecule has 0 spiro atoms. The molecule has 1 aromatic carbocycles. The fourth-order valence-corrected chi connectivity index (χ4v) is 6.96. The molecule has 1 aromatic rings. The number of hydrogen-bond acceptors (Lipinski definition) is 4. The first-order valence-corrected chi connectivity index (χ1v) is 12.3. The number of nitrogens with one attached hydrogen (secondary N) is 1. The van der Waals surface area contributed by atoms with Crippen LogP contribution in [0.25, 0.3) is 0 Å². The number of sulfonamides is 1. The van der Waals surface area contributed by atoms with E-state index in [2.05, 4.69) is 12.2 Å². The molecule has 1 heterocycles. The van der Waals surface area contributed by atoms with Gasteiger partial charge in [-0.15, -0.1) is 0 Å². The summed E-state index contributed by atoms with van der Waals surface area (Å²) in [7, 11) is -3.54. The van der Waals surface area contributed by atoms with Crippen LogP contribution in [-0.4, -0.2) is 42.8 Å². The van der Waals surface area contributed by atoms with Gasteiger partial charge in [0, 0.05) is 18.8 Å². The van der Waals surface area contributed by atoms with Crippen LogP contribution in [-0.2, 0) is 19.6 Å². The Bertz CT molecular complexity index is 898. The first-order valence-electron chi connectivity index (χ1n) is 10.9. The Hall–Kier alpha value is -1.93. The molecule has 4 fully saturated rings. The van der Waals surface area contributed by atoms with E-state index >= 15 is 0 Å². The normalized spacial score (nSPS) is 30.2. The summed E-state index contributed by atoms with van der Waals surface area (Å²) in [5, 5.41) is 12.5. The zero-order valence-corrected chi connectivity index (χ0v) is 18.1. The minimum Gasteiger partial charge on any atom is -0.481 e. The molecular weight excluding hydrogens is 404 g/mol. The maximum Gasteiger partial charge on any atom is 0.307 e. The maximum atomic E-state index is 12.9. The Kier molecular flexibility index (Phi) is 5.90. The molecule has 2 unspecified atom stereocenters. The molecule has 0 aromatic heterocycles.